The first kappa shape index (κ1) is 8.51. The molecule has 0 bridgehead atoms. The van der Waals surface area contributed by atoms with Gasteiger partial charge in [0.05, 0.1) is 6.10 Å². The number of nitrogens with zero attached hydrogens (tertiary/aromatic N) is 1. The second-order valence-corrected chi connectivity index (χ2v) is 3.74. The van der Waals surface area contributed by atoms with Crippen LogP contribution in [0.4, 0.5) is 5.82 Å². The largest absolute Gasteiger partial charge is 0.392 e. The molecule has 1 aliphatic carbocycles. The topological polar surface area (TPSA) is 59.1 Å². The van der Waals surface area contributed by atoms with E-state index in [1.807, 2.05) is 13.0 Å². The molecule has 2 rings (SSSR count). The van der Waals surface area contributed by atoms with Gasteiger partial charge in [-0.05, 0) is 25.3 Å². The SMILES string of the molecule is Cc1cnc(N)c(C2CCC2O)c1. The average molecular weight is 178 g/mol. The minimum absolute atomic E-state index is 0.215. The summed E-state index contributed by atoms with van der Waals surface area (Å²) in [6.07, 6.45) is 3.45. The van der Waals surface area contributed by atoms with Gasteiger partial charge in [-0.2, -0.15) is 0 Å². The number of hydrogen-bond acceptors (Lipinski definition) is 3. The summed E-state index contributed by atoms with van der Waals surface area (Å²) in [5.41, 5.74) is 7.85. The Hall–Kier alpha value is -1.09. The summed E-state index contributed by atoms with van der Waals surface area (Å²) in [6.45, 7) is 1.99. The van der Waals surface area contributed by atoms with Crippen molar-refractivity contribution in [3.05, 3.63) is 23.4 Å². The molecule has 3 heteroatoms. The smallest absolute Gasteiger partial charge is 0.126 e. The van der Waals surface area contributed by atoms with E-state index in [0.29, 0.717) is 5.82 Å². The zero-order valence-corrected chi connectivity index (χ0v) is 7.70. The highest BCUT2D eigenvalue weighted by Gasteiger charge is 2.31. The number of aryl methyl sites for hydroxylation is 1. The number of hydrogen-bond donors (Lipinski definition) is 2. The average Bonchev–Trinajstić information content (AvgIpc) is 2.09. The molecule has 0 amide bonds. The third kappa shape index (κ3) is 1.40. The molecule has 2 unspecified atom stereocenters. The molecule has 1 aliphatic rings. The van der Waals surface area contributed by atoms with Gasteiger partial charge in [-0.15, -0.1) is 0 Å². The predicted molar refractivity (Wildman–Crippen MR) is 51.4 cm³/mol. The minimum atomic E-state index is -0.217. The molecule has 0 spiro atoms. The number of nitrogen functional groups attached to an aromatic ring is 1. The van der Waals surface area contributed by atoms with Gasteiger partial charge >= 0.3 is 0 Å². The molecule has 0 radical (unpaired) electrons. The molecule has 3 nitrogen and oxygen atoms in total. The highest BCUT2D eigenvalue weighted by Crippen LogP contribution is 2.38. The van der Waals surface area contributed by atoms with Crippen LogP contribution >= 0.6 is 0 Å². The van der Waals surface area contributed by atoms with Crippen molar-refractivity contribution in [1.82, 2.24) is 4.98 Å². The standard InChI is InChI=1S/C10H14N2O/c1-6-4-8(10(11)12-5-6)7-2-3-9(7)13/h4-5,7,9,13H,2-3H2,1H3,(H2,11,12). The quantitative estimate of drug-likeness (QED) is 0.679. The molecular weight excluding hydrogens is 164 g/mol. The minimum Gasteiger partial charge on any atom is -0.392 e. The van der Waals surface area contributed by atoms with E-state index in [-0.39, 0.29) is 12.0 Å². The Bertz CT molecular complexity index is 325. The van der Waals surface area contributed by atoms with Crippen molar-refractivity contribution in [2.45, 2.75) is 31.8 Å². The zero-order valence-electron chi connectivity index (χ0n) is 7.70. The van der Waals surface area contributed by atoms with Crippen LogP contribution in [0.1, 0.15) is 29.9 Å². The number of nitrogens with two attached hydrogens (primary N) is 1. The van der Waals surface area contributed by atoms with Crippen molar-refractivity contribution < 1.29 is 5.11 Å². The fourth-order valence-corrected chi connectivity index (χ4v) is 1.74. The maximum Gasteiger partial charge on any atom is 0.126 e. The Kier molecular flexibility index (Phi) is 1.96. The second kappa shape index (κ2) is 3.00. The Balaban J connectivity index is 2.33. The van der Waals surface area contributed by atoms with E-state index in [9.17, 15) is 5.11 Å². The highest BCUT2D eigenvalue weighted by atomic mass is 16.3. The fourth-order valence-electron chi connectivity index (χ4n) is 1.74. The van der Waals surface area contributed by atoms with Crippen molar-refractivity contribution in [3.63, 3.8) is 0 Å². The molecule has 2 atom stereocenters. The lowest BCUT2D eigenvalue weighted by Crippen LogP contribution is -2.29. The van der Waals surface area contributed by atoms with Gasteiger partial charge in [0.15, 0.2) is 0 Å². The molecule has 1 heterocycles. The molecule has 1 fully saturated rings. The van der Waals surface area contributed by atoms with Gasteiger partial charge in [-0.3, -0.25) is 0 Å². The summed E-state index contributed by atoms with van der Waals surface area (Å²) in [4.78, 5) is 4.08. The molecule has 0 aromatic carbocycles. The molecular formula is C10H14N2O. The van der Waals surface area contributed by atoms with Gasteiger partial charge in [0.25, 0.3) is 0 Å². The summed E-state index contributed by atoms with van der Waals surface area (Å²) in [5.74, 6) is 0.779. The molecule has 1 saturated carbocycles. The van der Waals surface area contributed by atoms with Gasteiger partial charge < -0.3 is 10.8 Å². The first-order valence-electron chi connectivity index (χ1n) is 4.58. The van der Waals surface area contributed by atoms with Crippen LogP contribution < -0.4 is 5.73 Å². The summed E-state index contributed by atoms with van der Waals surface area (Å²) in [5, 5.41) is 9.49. The first-order chi connectivity index (χ1) is 6.18. The maximum absolute atomic E-state index is 9.49. The van der Waals surface area contributed by atoms with E-state index in [1.165, 1.54) is 0 Å². The van der Waals surface area contributed by atoms with Crippen LogP contribution in [0.2, 0.25) is 0 Å². The number of aliphatic hydroxyl groups excluding tert-OH is 1. The summed E-state index contributed by atoms with van der Waals surface area (Å²) < 4.78 is 0. The number of pyridine rings is 1. The van der Waals surface area contributed by atoms with Gasteiger partial charge in [0.2, 0.25) is 0 Å². The molecule has 70 valence electrons. The number of aromatic nitrogens is 1. The first-order valence-corrected chi connectivity index (χ1v) is 4.58. The molecule has 0 aliphatic heterocycles. The van der Waals surface area contributed by atoms with E-state index in [4.69, 9.17) is 5.73 Å². The van der Waals surface area contributed by atoms with E-state index < -0.39 is 0 Å². The Morgan fingerprint density at radius 3 is 2.85 bits per heavy atom. The van der Waals surface area contributed by atoms with Crippen LogP contribution in [0.25, 0.3) is 0 Å². The third-order valence-corrected chi connectivity index (χ3v) is 2.72. The fraction of sp³-hybridized carbons (Fsp3) is 0.500. The van der Waals surface area contributed by atoms with Crippen molar-refractivity contribution in [2.24, 2.45) is 0 Å². The van der Waals surface area contributed by atoms with Crippen LogP contribution in [0, 0.1) is 6.92 Å². The predicted octanol–water partition coefficient (Wildman–Crippen LogP) is 1.21. The van der Waals surface area contributed by atoms with E-state index in [2.05, 4.69) is 4.98 Å². The van der Waals surface area contributed by atoms with Crippen LogP contribution in [0.3, 0.4) is 0 Å². The lowest BCUT2D eigenvalue weighted by molar-refractivity contribution is 0.0663. The Morgan fingerprint density at radius 2 is 2.31 bits per heavy atom. The second-order valence-electron chi connectivity index (χ2n) is 3.74. The van der Waals surface area contributed by atoms with Crippen LogP contribution in [0.15, 0.2) is 12.3 Å². The van der Waals surface area contributed by atoms with Crippen LogP contribution in [0.5, 0.6) is 0 Å². The van der Waals surface area contributed by atoms with Gasteiger partial charge in [-0.1, -0.05) is 6.07 Å². The highest BCUT2D eigenvalue weighted by molar-refractivity contribution is 5.44. The van der Waals surface area contributed by atoms with Gasteiger partial charge in [0.1, 0.15) is 5.82 Å². The summed E-state index contributed by atoms with van der Waals surface area (Å²) in [7, 11) is 0. The lowest BCUT2D eigenvalue weighted by atomic mass is 9.77. The summed E-state index contributed by atoms with van der Waals surface area (Å²) in [6, 6.07) is 2.02. The Labute approximate surface area is 77.6 Å². The van der Waals surface area contributed by atoms with E-state index in [0.717, 1.165) is 24.0 Å². The monoisotopic (exact) mass is 178 g/mol. The molecule has 0 saturated heterocycles. The van der Waals surface area contributed by atoms with Crippen molar-refractivity contribution >= 4 is 5.82 Å². The van der Waals surface area contributed by atoms with Crippen molar-refractivity contribution in [3.8, 4) is 0 Å². The Morgan fingerprint density at radius 1 is 1.54 bits per heavy atom. The lowest BCUT2D eigenvalue weighted by Gasteiger charge is -2.33. The molecule has 3 N–H and O–H groups in total. The number of rotatable bonds is 1. The van der Waals surface area contributed by atoms with Crippen molar-refractivity contribution in [1.29, 1.82) is 0 Å². The van der Waals surface area contributed by atoms with Gasteiger partial charge in [0, 0.05) is 17.7 Å². The van der Waals surface area contributed by atoms with Crippen LogP contribution in [-0.4, -0.2) is 16.2 Å². The molecule has 1 aromatic heterocycles. The maximum atomic E-state index is 9.49. The van der Waals surface area contributed by atoms with E-state index in [1.54, 1.807) is 6.20 Å². The van der Waals surface area contributed by atoms with Gasteiger partial charge in [-0.25, -0.2) is 4.98 Å². The molecule has 1 aromatic rings. The van der Waals surface area contributed by atoms with Crippen LogP contribution in [-0.2, 0) is 0 Å². The third-order valence-electron chi connectivity index (χ3n) is 2.72. The normalized spacial score (nSPS) is 26.9. The van der Waals surface area contributed by atoms with E-state index >= 15 is 0 Å². The van der Waals surface area contributed by atoms with Crippen molar-refractivity contribution in [2.75, 3.05) is 5.73 Å². The zero-order chi connectivity index (χ0) is 9.42. The summed E-state index contributed by atoms with van der Waals surface area (Å²) >= 11 is 0. The number of aliphatic hydroxyl groups is 1. The number of anilines is 1. The molecule has 13 heavy (non-hydrogen) atoms.